The molecule has 154 valence electrons. The quantitative estimate of drug-likeness (QED) is 0.792. The largest absolute Gasteiger partial charge is 0.444 e. The van der Waals surface area contributed by atoms with E-state index in [1.54, 1.807) is 4.90 Å². The second-order valence-corrected chi connectivity index (χ2v) is 8.97. The molecule has 0 radical (unpaired) electrons. The third-order valence-corrected chi connectivity index (χ3v) is 5.40. The molecule has 2 N–H and O–H groups in total. The average Bonchev–Trinajstić information content (AvgIpc) is 2.59. The number of carbonyl (C=O) groups excluding carboxylic acids is 3. The van der Waals surface area contributed by atoms with Gasteiger partial charge in [-0.15, -0.1) is 0 Å². The van der Waals surface area contributed by atoms with Crippen LogP contribution in [-0.2, 0) is 14.3 Å². The summed E-state index contributed by atoms with van der Waals surface area (Å²) in [6.45, 7) is 8.44. The monoisotopic (exact) mass is 381 g/mol. The topological polar surface area (TPSA) is 92.9 Å². The van der Waals surface area contributed by atoms with Crippen LogP contribution in [0.25, 0.3) is 0 Å². The summed E-state index contributed by atoms with van der Waals surface area (Å²) in [5.41, 5.74) is 4.75. The Morgan fingerprint density at radius 2 is 1.67 bits per heavy atom. The van der Waals surface area contributed by atoms with Crippen molar-refractivity contribution in [2.24, 2.45) is 17.6 Å². The molecule has 1 unspecified atom stereocenters. The molecular formula is C20H35N3O4. The van der Waals surface area contributed by atoms with Gasteiger partial charge >= 0.3 is 6.09 Å². The highest BCUT2D eigenvalue weighted by atomic mass is 16.6. The average molecular weight is 382 g/mol. The van der Waals surface area contributed by atoms with Gasteiger partial charge in [0.25, 0.3) is 0 Å². The first-order valence-electron chi connectivity index (χ1n) is 10.2. The summed E-state index contributed by atoms with van der Waals surface area (Å²) >= 11 is 0. The Morgan fingerprint density at radius 3 is 2.26 bits per heavy atom. The van der Waals surface area contributed by atoms with Gasteiger partial charge in [0.05, 0.1) is 0 Å². The lowest BCUT2D eigenvalue weighted by molar-refractivity contribution is -0.134. The Balaban J connectivity index is 1.74. The standard InChI is InChI=1S/C20H35N3O4/c1-20(2,3)27-19(26)22-11-8-15(9-12-22)13-18(25)23-10-4-5-16(14-23)6-7-17(21)24/h15-16H,4-14H2,1-3H3,(H2,21,24). The van der Waals surface area contributed by atoms with Gasteiger partial charge in [0.2, 0.25) is 11.8 Å². The third kappa shape index (κ3) is 7.39. The predicted octanol–water partition coefficient (Wildman–Crippen LogP) is 2.53. The fourth-order valence-electron chi connectivity index (χ4n) is 3.90. The van der Waals surface area contributed by atoms with E-state index in [4.69, 9.17) is 10.5 Å². The number of ether oxygens (including phenoxy) is 1. The zero-order chi connectivity index (χ0) is 20.0. The molecular weight excluding hydrogens is 346 g/mol. The maximum Gasteiger partial charge on any atom is 0.410 e. The summed E-state index contributed by atoms with van der Waals surface area (Å²) < 4.78 is 5.42. The Morgan fingerprint density at radius 1 is 1.00 bits per heavy atom. The van der Waals surface area contributed by atoms with E-state index in [0.29, 0.717) is 37.8 Å². The van der Waals surface area contributed by atoms with Crippen LogP contribution in [0, 0.1) is 11.8 Å². The van der Waals surface area contributed by atoms with E-state index in [1.807, 2.05) is 25.7 Å². The van der Waals surface area contributed by atoms with Crippen molar-refractivity contribution in [1.29, 1.82) is 0 Å². The fourth-order valence-corrected chi connectivity index (χ4v) is 3.90. The summed E-state index contributed by atoms with van der Waals surface area (Å²) in [5, 5.41) is 0. The molecule has 3 amide bonds. The normalized spacial score (nSPS) is 21.8. The van der Waals surface area contributed by atoms with Gasteiger partial charge in [-0.1, -0.05) is 0 Å². The van der Waals surface area contributed by atoms with Crippen LogP contribution >= 0.6 is 0 Å². The van der Waals surface area contributed by atoms with Crippen LogP contribution in [0.5, 0.6) is 0 Å². The van der Waals surface area contributed by atoms with Gasteiger partial charge < -0.3 is 20.3 Å². The molecule has 2 aliphatic rings. The summed E-state index contributed by atoms with van der Waals surface area (Å²) in [6.07, 6.45) is 5.18. The third-order valence-electron chi connectivity index (χ3n) is 5.40. The first-order valence-corrected chi connectivity index (χ1v) is 10.2. The van der Waals surface area contributed by atoms with Gasteiger partial charge in [-0.25, -0.2) is 4.79 Å². The van der Waals surface area contributed by atoms with E-state index in [0.717, 1.165) is 45.2 Å². The minimum Gasteiger partial charge on any atom is -0.444 e. The maximum atomic E-state index is 12.7. The van der Waals surface area contributed by atoms with Crippen molar-refractivity contribution in [3.8, 4) is 0 Å². The molecule has 7 nitrogen and oxygen atoms in total. The van der Waals surface area contributed by atoms with E-state index >= 15 is 0 Å². The van der Waals surface area contributed by atoms with Gasteiger partial charge in [0.1, 0.15) is 5.60 Å². The molecule has 0 bridgehead atoms. The Hall–Kier alpha value is -1.79. The molecule has 27 heavy (non-hydrogen) atoms. The van der Waals surface area contributed by atoms with Crippen LogP contribution in [0.4, 0.5) is 4.79 Å². The van der Waals surface area contributed by atoms with E-state index < -0.39 is 5.60 Å². The van der Waals surface area contributed by atoms with Crippen molar-refractivity contribution in [3.63, 3.8) is 0 Å². The number of hydrogen-bond donors (Lipinski definition) is 1. The Kier molecular flexibility index (Phi) is 7.50. The van der Waals surface area contributed by atoms with Crippen molar-refractivity contribution < 1.29 is 19.1 Å². The van der Waals surface area contributed by atoms with Crippen molar-refractivity contribution >= 4 is 17.9 Å². The van der Waals surface area contributed by atoms with Crippen molar-refractivity contribution in [1.82, 2.24) is 9.80 Å². The van der Waals surface area contributed by atoms with Crippen molar-refractivity contribution in [2.45, 2.75) is 71.3 Å². The lowest BCUT2D eigenvalue weighted by Crippen LogP contribution is -2.44. The molecule has 0 aliphatic carbocycles. The van der Waals surface area contributed by atoms with Crippen molar-refractivity contribution in [3.05, 3.63) is 0 Å². The molecule has 0 aromatic heterocycles. The molecule has 2 rings (SSSR count). The molecule has 0 aromatic carbocycles. The van der Waals surface area contributed by atoms with Crippen LogP contribution in [0.3, 0.4) is 0 Å². The number of piperidine rings is 2. The number of nitrogens with zero attached hydrogens (tertiary/aromatic N) is 2. The molecule has 7 heteroatoms. The first-order chi connectivity index (χ1) is 12.6. The van der Waals surface area contributed by atoms with E-state index in [9.17, 15) is 14.4 Å². The lowest BCUT2D eigenvalue weighted by Gasteiger charge is -2.36. The van der Waals surface area contributed by atoms with E-state index in [-0.39, 0.29) is 17.9 Å². The second kappa shape index (κ2) is 9.42. The summed E-state index contributed by atoms with van der Waals surface area (Å²) in [7, 11) is 0. The summed E-state index contributed by atoms with van der Waals surface area (Å²) in [4.78, 5) is 39.5. The molecule has 0 saturated carbocycles. The lowest BCUT2D eigenvalue weighted by atomic mass is 9.90. The summed E-state index contributed by atoms with van der Waals surface area (Å²) in [5.74, 6) is 0.635. The second-order valence-electron chi connectivity index (χ2n) is 8.97. The highest BCUT2D eigenvalue weighted by Crippen LogP contribution is 2.26. The SMILES string of the molecule is CC(C)(C)OC(=O)N1CCC(CC(=O)N2CCCC(CCC(N)=O)C2)CC1. The van der Waals surface area contributed by atoms with Gasteiger partial charge in [0.15, 0.2) is 0 Å². The van der Waals surface area contributed by atoms with E-state index in [1.165, 1.54) is 0 Å². The number of rotatable bonds is 5. The number of primary amides is 1. The fraction of sp³-hybridized carbons (Fsp3) is 0.850. The summed E-state index contributed by atoms with van der Waals surface area (Å²) in [6, 6.07) is 0. The molecule has 1 atom stereocenters. The number of likely N-dealkylation sites (tertiary alicyclic amines) is 2. The number of carbonyl (C=O) groups is 3. The zero-order valence-electron chi connectivity index (χ0n) is 17.0. The van der Waals surface area contributed by atoms with E-state index in [2.05, 4.69) is 0 Å². The molecule has 0 aromatic rings. The minimum atomic E-state index is -0.483. The van der Waals surface area contributed by atoms with Gasteiger partial charge in [-0.3, -0.25) is 9.59 Å². The van der Waals surface area contributed by atoms with Crippen molar-refractivity contribution in [2.75, 3.05) is 26.2 Å². The van der Waals surface area contributed by atoms with Crippen LogP contribution in [0.1, 0.15) is 65.7 Å². The van der Waals surface area contributed by atoms with Gasteiger partial charge in [-0.05, 0) is 64.7 Å². The smallest absolute Gasteiger partial charge is 0.410 e. The highest BCUT2D eigenvalue weighted by Gasteiger charge is 2.30. The molecule has 2 aliphatic heterocycles. The molecule has 2 fully saturated rings. The van der Waals surface area contributed by atoms with Crippen LogP contribution in [0.2, 0.25) is 0 Å². The van der Waals surface area contributed by atoms with Gasteiger partial charge in [0, 0.05) is 39.0 Å². The zero-order valence-corrected chi connectivity index (χ0v) is 17.0. The highest BCUT2D eigenvalue weighted by molar-refractivity contribution is 5.76. The number of nitrogens with two attached hydrogens (primary N) is 1. The van der Waals surface area contributed by atoms with Crippen LogP contribution < -0.4 is 5.73 Å². The maximum absolute atomic E-state index is 12.7. The predicted molar refractivity (Wildman–Crippen MR) is 103 cm³/mol. The molecule has 0 spiro atoms. The Labute approximate surface area is 162 Å². The first kappa shape index (κ1) is 21.5. The van der Waals surface area contributed by atoms with Crippen LogP contribution in [-0.4, -0.2) is 59.5 Å². The minimum absolute atomic E-state index is 0.203. The van der Waals surface area contributed by atoms with Gasteiger partial charge in [-0.2, -0.15) is 0 Å². The number of hydrogen-bond acceptors (Lipinski definition) is 4. The molecule has 2 heterocycles. The Bertz CT molecular complexity index is 536. The van der Waals surface area contributed by atoms with Crippen LogP contribution in [0.15, 0.2) is 0 Å². The number of amides is 3. The molecule has 2 saturated heterocycles.